The predicted octanol–water partition coefficient (Wildman–Crippen LogP) is 6.87. The van der Waals surface area contributed by atoms with Crippen LogP contribution in [0.2, 0.25) is 0 Å². The average Bonchev–Trinajstić information content (AvgIpc) is 2.30. The topological polar surface area (TPSA) is 26.3 Å². The summed E-state index contributed by atoms with van der Waals surface area (Å²) in [6, 6.07) is 0. The van der Waals surface area contributed by atoms with Gasteiger partial charge in [0.2, 0.25) is 0 Å². The largest absolute Gasteiger partial charge is 0.460 e. The molecular formula is C22H44O2. The number of rotatable bonds is 8. The van der Waals surface area contributed by atoms with Crippen molar-refractivity contribution in [2.45, 2.75) is 107 Å². The third-order valence-electron chi connectivity index (χ3n) is 5.45. The molecule has 0 N–H and O–H groups in total. The minimum Gasteiger partial charge on any atom is -0.460 e. The first-order valence-electron chi connectivity index (χ1n) is 9.78. The number of carbonyl (C=O) groups excluding carboxylic acids is 1. The number of hydrogen-bond acceptors (Lipinski definition) is 2. The van der Waals surface area contributed by atoms with Crippen LogP contribution in [0.3, 0.4) is 0 Å². The Kier molecular flexibility index (Phi) is 8.52. The molecular weight excluding hydrogens is 296 g/mol. The molecule has 144 valence electrons. The van der Waals surface area contributed by atoms with Crippen molar-refractivity contribution in [3.63, 3.8) is 0 Å². The zero-order valence-electron chi connectivity index (χ0n) is 18.4. The predicted molar refractivity (Wildman–Crippen MR) is 105 cm³/mol. The lowest BCUT2D eigenvalue weighted by Crippen LogP contribution is -2.32. The van der Waals surface area contributed by atoms with Crippen molar-refractivity contribution in [2.75, 3.05) is 0 Å². The van der Waals surface area contributed by atoms with Gasteiger partial charge in [-0.05, 0) is 69.1 Å². The third kappa shape index (κ3) is 9.08. The van der Waals surface area contributed by atoms with Crippen LogP contribution in [0.1, 0.15) is 102 Å². The molecule has 0 aromatic heterocycles. The van der Waals surface area contributed by atoms with Gasteiger partial charge in [0, 0.05) is 0 Å². The fourth-order valence-electron chi connectivity index (χ4n) is 3.00. The summed E-state index contributed by atoms with van der Waals surface area (Å²) in [6.45, 7) is 24.2. The van der Waals surface area contributed by atoms with Gasteiger partial charge in [-0.2, -0.15) is 0 Å². The molecule has 2 heteroatoms. The molecule has 0 radical (unpaired) electrons. The molecule has 0 amide bonds. The van der Waals surface area contributed by atoms with E-state index in [2.05, 4.69) is 48.5 Å². The maximum atomic E-state index is 12.2. The molecule has 24 heavy (non-hydrogen) atoms. The van der Waals surface area contributed by atoms with E-state index in [1.165, 1.54) is 12.8 Å². The molecule has 0 aromatic carbocycles. The highest BCUT2D eigenvalue weighted by atomic mass is 16.6. The highest BCUT2D eigenvalue weighted by Crippen LogP contribution is 2.45. The summed E-state index contributed by atoms with van der Waals surface area (Å²) < 4.78 is 5.53. The van der Waals surface area contributed by atoms with Gasteiger partial charge in [-0.15, -0.1) is 0 Å². The molecule has 0 spiro atoms. The van der Waals surface area contributed by atoms with E-state index in [1.54, 1.807) is 0 Å². The van der Waals surface area contributed by atoms with Gasteiger partial charge >= 0.3 is 5.97 Å². The fraction of sp³-hybridized carbons (Fsp3) is 0.955. The van der Waals surface area contributed by atoms with Crippen LogP contribution in [-0.4, -0.2) is 11.6 Å². The molecule has 0 saturated carbocycles. The van der Waals surface area contributed by atoms with E-state index in [4.69, 9.17) is 4.74 Å². The molecule has 2 unspecified atom stereocenters. The van der Waals surface area contributed by atoms with Crippen molar-refractivity contribution in [3.05, 3.63) is 0 Å². The van der Waals surface area contributed by atoms with Gasteiger partial charge in [-0.1, -0.05) is 55.4 Å². The molecule has 0 bridgehead atoms. The van der Waals surface area contributed by atoms with Crippen LogP contribution in [0.4, 0.5) is 0 Å². The minimum atomic E-state index is -0.392. The van der Waals surface area contributed by atoms with Crippen molar-refractivity contribution in [1.29, 1.82) is 0 Å². The number of hydrogen-bond donors (Lipinski definition) is 0. The van der Waals surface area contributed by atoms with Crippen LogP contribution in [0, 0.1) is 28.6 Å². The van der Waals surface area contributed by atoms with Crippen molar-refractivity contribution in [1.82, 2.24) is 0 Å². The summed E-state index contributed by atoms with van der Waals surface area (Å²) in [5.74, 6) is 1.30. The summed E-state index contributed by atoms with van der Waals surface area (Å²) in [6.07, 6.45) is 4.49. The van der Waals surface area contributed by atoms with E-state index in [1.807, 2.05) is 27.7 Å². The van der Waals surface area contributed by atoms with Crippen molar-refractivity contribution >= 4 is 5.97 Å². The Balaban J connectivity index is 4.78. The van der Waals surface area contributed by atoms with Crippen LogP contribution < -0.4 is 0 Å². The lowest BCUT2D eigenvalue weighted by molar-refractivity contribution is -0.159. The van der Waals surface area contributed by atoms with Crippen LogP contribution >= 0.6 is 0 Å². The van der Waals surface area contributed by atoms with Gasteiger partial charge in [0.25, 0.3) is 0 Å². The number of carbonyl (C=O) groups is 1. The molecule has 0 rings (SSSR count). The van der Waals surface area contributed by atoms with Gasteiger partial charge in [0.05, 0.1) is 5.92 Å². The van der Waals surface area contributed by atoms with Gasteiger partial charge in [-0.25, -0.2) is 0 Å². The normalized spacial score (nSPS) is 16.2. The number of ether oxygens (including phenoxy) is 1. The Morgan fingerprint density at radius 1 is 0.875 bits per heavy atom. The van der Waals surface area contributed by atoms with E-state index in [0.717, 1.165) is 12.8 Å². The van der Waals surface area contributed by atoms with Gasteiger partial charge in [0.15, 0.2) is 0 Å². The first-order valence-corrected chi connectivity index (χ1v) is 9.78. The maximum Gasteiger partial charge on any atom is 0.309 e. The second-order valence-electron chi connectivity index (χ2n) is 10.8. The molecule has 0 aliphatic carbocycles. The van der Waals surface area contributed by atoms with Crippen LogP contribution in [-0.2, 0) is 9.53 Å². The lowest BCUT2D eigenvalue weighted by atomic mass is 9.64. The van der Waals surface area contributed by atoms with Gasteiger partial charge < -0.3 is 4.74 Å². The molecule has 0 aromatic rings. The Morgan fingerprint density at radius 2 is 1.38 bits per heavy atom. The maximum absolute atomic E-state index is 12.2. The summed E-state index contributed by atoms with van der Waals surface area (Å²) >= 11 is 0. The molecule has 0 heterocycles. The van der Waals surface area contributed by atoms with E-state index >= 15 is 0 Å². The Morgan fingerprint density at radius 3 is 1.75 bits per heavy atom. The second-order valence-corrected chi connectivity index (χ2v) is 10.8. The van der Waals surface area contributed by atoms with Crippen molar-refractivity contribution < 1.29 is 9.53 Å². The first-order chi connectivity index (χ1) is 10.5. The standard InChI is InChI=1S/C22H44O2/c1-16(2)14-18(15-22(10,11)20(4,5)6)13-12-17(3)19(23)24-21(7,8)9/h16-18H,12-15H2,1-11H3. The highest BCUT2D eigenvalue weighted by molar-refractivity contribution is 5.72. The van der Waals surface area contributed by atoms with Gasteiger partial charge in [-0.3, -0.25) is 4.79 Å². The van der Waals surface area contributed by atoms with E-state index in [9.17, 15) is 4.79 Å². The van der Waals surface area contributed by atoms with Crippen LogP contribution in [0.25, 0.3) is 0 Å². The smallest absolute Gasteiger partial charge is 0.309 e. The fourth-order valence-corrected chi connectivity index (χ4v) is 3.00. The first kappa shape index (κ1) is 23.5. The minimum absolute atomic E-state index is 0.0170. The molecule has 2 nitrogen and oxygen atoms in total. The lowest BCUT2D eigenvalue weighted by Gasteiger charge is -2.42. The quantitative estimate of drug-likeness (QED) is 0.451. The summed E-state index contributed by atoms with van der Waals surface area (Å²) in [5.41, 5.74) is 0.192. The zero-order valence-corrected chi connectivity index (χ0v) is 18.4. The summed E-state index contributed by atoms with van der Waals surface area (Å²) in [5, 5.41) is 0. The molecule has 0 aliphatic rings. The second kappa shape index (κ2) is 8.72. The Hall–Kier alpha value is -0.530. The Labute approximate surface area is 152 Å². The molecule has 0 fully saturated rings. The van der Waals surface area contributed by atoms with E-state index < -0.39 is 5.60 Å². The van der Waals surface area contributed by atoms with Gasteiger partial charge in [0.1, 0.15) is 5.60 Å². The molecule has 2 atom stereocenters. The van der Waals surface area contributed by atoms with Crippen LogP contribution in [0.15, 0.2) is 0 Å². The average molecular weight is 341 g/mol. The van der Waals surface area contributed by atoms with Crippen molar-refractivity contribution in [2.24, 2.45) is 28.6 Å². The summed E-state index contributed by atoms with van der Waals surface area (Å²) in [4.78, 5) is 12.2. The molecule has 0 aliphatic heterocycles. The number of esters is 1. The third-order valence-corrected chi connectivity index (χ3v) is 5.45. The van der Waals surface area contributed by atoms with Crippen molar-refractivity contribution in [3.8, 4) is 0 Å². The monoisotopic (exact) mass is 340 g/mol. The van der Waals surface area contributed by atoms with E-state index in [-0.39, 0.29) is 11.9 Å². The van der Waals surface area contributed by atoms with E-state index in [0.29, 0.717) is 22.7 Å². The highest BCUT2D eigenvalue weighted by Gasteiger charge is 2.35. The Bertz CT molecular complexity index is 380. The summed E-state index contributed by atoms with van der Waals surface area (Å²) in [7, 11) is 0. The van der Waals surface area contributed by atoms with Crippen LogP contribution in [0.5, 0.6) is 0 Å². The zero-order chi connectivity index (χ0) is 19.3. The SMILES string of the molecule is CC(C)CC(CCC(C)C(=O)OC(C)(C)C)CC(C)(C)C(C)(C)C. The molecule has 0 saturated heterocycles.